The number of nitrogens with zero attached hydrogens (tertiary/aromatic N) is 1. The summed E-state index contributed by atoms with van der Waals surface area (Å²) in [6, 6.07) is 3.40. The van der Waals surface area contributed by atoms with Gasteiger partial charge in [-0.25, -0.2) is 9.78 Å². The van der Waals surface area contributed by atoms with Crippen molar-refractivity contribution in [2.75, 3.05) is 7.11 Å². The van der Waals surface area contributed by atoms with Gasteiger partial charge in [-0.2, -0.15) is 0 Å². The number of halogens is 1. The highest BCUT2D eigenvalue weighted by Gasteiger charge is 2.39. The van der Waals surface area contributed by atoms with Gasteiger partial charge in [-0.1, -0.05) is 18.2 Å². The predicted octanol–water partition coefficient (Wildman–Crippen LogP) is 2.65. The molecule has 4 nitrogen and oxygen atoms in total. The number of allylic oxidation sites excluding steroid dienone is 2. The molecule has 0 fully saturated rings. The Balaban J connectivity index is 2.29. The Labute approximate surface area is 113 Å². The molecule has 1 aromatic heterocycles. The third-order valence-corrected chi connectivity index (χ3v) is 3.00. The fraction of sp³-hybridized carbons (Fsp3) is 0.231. The van der Waals surface area contributed by atoms with E-state index in [2.05, 4.69) is 20.9 Å². The fourth-order valence-corrected chi connectivity index (χ4v) is 2.04. The number of esters is 1. The van der Waals surface area contributed by atoms with Crippen LogP contribution in [0.1, 0.15) is 6.42 Å². The van der Waals surface area contributed by atoms with Crippen LogP contribution < -0.4 is 4.74 Å². The van der Waals surface area contributed by atoms with E-state index in [4.69, 9.17) is 9.47 Å². The van der Waals surface area contributed by atoms with E-state index in [1.807, 2.05) is 12.2 Å². The van der Waals surface area contributed by atoms with Gasteiger partial charge in [-0.05, 0) is 28.1 Å². The maximum atomic E-state index is 11.9. The lowest BCUT2D eigenvalue weighted by molar-refractivity contribution is -0.154. The van der Waals surface area contributed by atoms with Gasteiger partial charge in [0.1, 0.15) is 10.4 Å². The molecule has 0 amide bonds. The summed E-state index contributed by atoms with van der Waals surface area (Å²) in [5.74, 6) is 0.137. The number of aromatic nitrogens is 1. The van der Waals surface area contributed by atoms with Gasteiger partial charge in [0.2, 0.25) is 5.60 Å². The van der Waals surface area contributed by atoms with Crippen LogP contribution in [0.3, 0.4) is 0 Å². The van der Waals surface area contributed by atoms with Gasteiger partial charge >= 0.3 is 5.97 Å². The number of hydrogen-bond donors (Lipinski definition) is 0. The van der Waals surface area contributed by atoms with E-state index < -0.39 is 11.6 Å². The van der Waals surface area contributed by atoms with Gasteiger partial charge < -0.3 is 9.47 Å². The Morgan fingerprint density at radius 3 is 2.94 bits per heavy atom. The number of hydrogen-bond acceptors (Lipinski definition) is 4. The summed E-state index contributed by atoms with van der Waals surface area (Å²) in [4.78, 5) is 15.9. The summed E-state index contributed by atoms with van der Waals surface area (Å²) in [7, 11) is 1.35. The average Bonchev–Trinajstić information content (AvgIpc) is 2.39. The van der Waals surface area contributed by atoms with E-state index in [1.165, 1.54) is 7.11 Å². The van der Waals surface area contributed by atoms with Crippen molar-refractivity contribution >= 4 is 21.9 Å². The lowest BCUT2D eigenvalue weighted by Gasteiger charge is -2.29. The van der Waals surface area contributed by atoms with Gasteiger partial charge in [0.25, 0.3) is 0 Å². The number of pyridine rings is 1. The highest BCUT2D eigenvalue weighted by molar-refractivity contribution is 9.10. The molecular weight excluding hydrogens is 298 g/mol. The summed E-state index contributed by atoms with van der Waals surface area (Å²) in [5, 5.41) is 0. The van der Waals surface area contributed by atoms with E-state index in [0.29, 0.717) is 16.8 Å². The van der Waals surface area contributed by atoms with Crippen molar-refractivity contribution in [3.63, 3.8) is 0 Å². The minimum absolute atomic E-state index is 0.420. The van der Waals surface area contributed by atoms with Crippen molar-refractivity contribution in [3.05, 3.63) is 47.2 Å². The maximum absolute atomic E-state index is 11.9. The van der Waals surface area contributed by atoms with Crippen molar-refractivity contribution in [3.8, 4) is 5.75 Å². The molecule has 5 heteroatoms. The van der Waals surface area contributed by atoms with E-state index in [0.717, 1.165) is 0 Å². The molecule has 18 heavy (non-hydrogen) atoms. The molecule has 1 unspecified atom stereocenters. The van der Waals surface area contributed by atoms with Crippen molar-refractivity contribution in [2.45, 2.75) is 12.0 Å². The highest BCUT2D eigenvalue weighted by atomic mass is 79.9. The summed E-state index contributed by atoms with van der Waals surface area (Å²) in [6.45, 7) is 0. The Morgan fingerprint density at radius 2 is 2.33 bits per heavy atom. The predicted molar refractivity (Wildman–Crippen MR) is 70.2 cm³/mol. The summed E-state index contributed by atoms with van der Waals surface area (Å²) < 4.78 is 11.3. The molecule has 1 atom stereocenters. The molecule has 1 aliphatic rings. The number of carbonyl (C=O) groups excluding carboxylic acids is 1. The fourth-order valence-electron chi connectivity index (χ4n) is 1.70. The summed E-state index contributed by atoms with van der Waals surface area (Å²) >= 11 is 3.26. The zero-order chi connectivity index (χ0) is 13.0. The molecule has 0 saturated heterocycles. The van der Waals surface area contributed by atoms with E-state index in [-0.39, 0.29) is 0 Å². The topological polar surface area (TPSA) is 48.4 Å². The van der Waals surface area contributed by atoms with Crippen LogP contribution in [0.15, 0.2) is 47.2 Å². The van der Waals surface area contributed by atoms with Gasteiger partial charge in [-0.15, -0.1) is 0 Å². The van der Waals surface area contributed by atoms with Crippen molar-refractivity contribution < 1.29 is 14.3 Å². The Kier molecular flexibility index (Phi) is 3.81. The molecule has 0 saturated carbocycles. The molecule has 0 radical (unpaired) electrons. The largest absolute Gasteiger partial charge is 0.471 e. The minimum Gasteiger partial charge on any atom is -0.471 e. The van der Waals surface area contributed by atoms with Crippen molar-refractivity contribution in [1.29, 1.82) is 0 Å². The standard InChI is InChI=1S/C13H12BrNO3/c1-17-12(16)13(6-3-2-4-7-13)18-10-5-8-15-11(14)9-10/h2-6,8-9H,7H2,1H3. The normalized spacial score (nSPS) is 21.7. The van der Waals surface area contributed by atoms with Crippen LogP contribution in [0.5, 0.6) is 5.75 Å². The third-order valence-electron chi connectivity index (χ3n) is 2.56. The molecule has 0 bridgehead atoms. The van der Waals surface area contributed by atoms with Crippen LogP contribution in [0.25, 0.3) is 0 Å². The van der Waals surface area contributed by atoms with Gasteiger partial charge in [0.15, 0.2) is 0 Å². The second kappa shape index (κ2) is 5.35. The van der Waals surface area contributed by atoms with E-state index in [9.17, 15) is 4.79 Å². The van der Waals surface area contributed by atoms with Crippen LogP contribution >= 0.6 is 15.9 Å². The molecule has 0 N–H and O–H groups in total. The van der Waals surface area contributed by atoms with Gasteiger partial charge in [-0.3, -0.25) is 0 Å². The van der Waals surface area contributed by atoms with Crippen molar-refractivity contribution in [2.24, 2.45) is 0 Å². The number of ether oxygens (including phenoxy) is 2. The SMILES string of the molecule is COC(=O)C1(Oc2ccnc(Br)c2)C=CC=CC1. The molecule has 0 aromatic carbocycles. The molecule has 2 rings (SSSR count). The van der Waals surface area contributed by atoms with E-state index in [1.54, 1.807) is 30.5 Å². The zero-order valence-electron chi connectivity index (χ0n) is 9.80. The van der Waals surface area contributed by atoms with Gasteiger partial charge in [0, 0.05) is 18.7 Å². The Morgan fingerprint density at radius 1 is 1.50 bits per heavy atom. The maximum Gasteiger partial charge on any atom is 0.354 e. The minimum atomic E-state index is -1.09. The van der Waals surface area contributed by atoms with Crippen LogP contribution in [0.4, 0.5) is 0 Å². The average molecular weight is 310 g/mol. The van der Waals surface area contributed by atoms with Crippen LogP contribution in [-0.2, 0) is 9.53 Å². The zero-order valence-corrected chi connectivity index (χ0v) is 11.4. The quantitative estimate of drug-likeness (QED) is 0.636. The molecule has 0 spiro atoms. The first-order valence-electron chi connectivity index (χ1n) is 5.40. The molecule has 1 heterocycles. The number of rotatable bonds is 3. The molecular formula is C13H12BrNO3. The van der Waals surface area contributed by atoms with Gasteiger partial charge in [0.05, 0.1) is 7.11 Å². The van der Waals surface area contributed by atoms with Crippen LogP contribution in [-0.4, -0.2) is 23.7 Å². The van der Waals surface area contributed by atoms with Crippen LogP contribution in [0.2, 0.25) is 0 Å². The number of methoxy groups -OCH3 is 1. The number of carbonyl (C=O) groups is 1. The van der Waals surface area contributed by atoms with E-state index >= 15 is 0 Å². The first-order valence-corrected chi connectivity index (χ1v) is 6.19. The summed E-state index contributed by atoms with van der Waals surface area (Å²) in [5.41, 5.74) is -1.09. The second-order valence-electron chi connectivity index (χ2n) is 3.79. The lowest BCUT2D eigenvalue weighted by Crippen LogP contribution is -2.44. The highest BCUT2D eigenvalue weighted by Crippen LogP contribution is 2.28. The summed E-state index contributed by atoms with van der Waals surface area (Å²) in [6.07, 6.45) is 9.26. The molecule has 1 aliphatic carbocycles. The Bertz CT molecular complexity index is 513. The first-order chi connectivity index (χ1) is 8.66. The van der Waals surface area contributed by atoms with Crippen LogP contribution in [0, 0.1) is 0 Å². The lowest BCUT2D eigenvalue weighted by atomic mass is 9.95. The monoisotopic (exact) mass is 309 g/mol. The molecule has 1 aromatic rings. The Hall–Kier alpha value is -1.62. The van der Waals surface area contributed by atoms with Crippen molar-refractivity contribution in [1.82, 2.24) is 4.98 Å². The third kappa shape index (κ3) is 2.61. The second-order valence-corrected chi connectivity index (χ2v) is 4.60. The molecule has 0 aliphatic heterocycles. The smallest absolute Gasteiger partial charge is 0.354 e. The molecule has 94 valence electrons. The first kappa shape index (κ1) is 12.8.